The van der Waals surface area contributed by atoms with E-state index in [0.717, 1.165) is 12.8 Å². The fraction of sp³-hybridized carbons (Fsp3) is 0.364. The second-order valence-electron chi connectivity index (χ2n) is 6.52. The van der Waals surface area contributed by atoms with Crippen molar-refractivity contribution in [1.82, 2.24) is 10.6 Å². The lowest BCUT2D eigenvalue weighted by molar-refractivity contribution is -0.121. The topological polar surface area (TPSA) is 75.3 Å². The first-order valence-corrected chi connectivity index (χ1v) is 11.1. The Morgan fingerprint density at radius 1 is 0.679 bits per heavy atom. The van der Waals surface area contributed by atoms with Gasteiger partial charge in [-0.25, -0.2) is 0 Å². The molecule has 2 rings (SSSR count). The summed E-state index contributed by atoms with van der Waals surface area (Å²) in [7, 11) is -1.17. The van der Waals surface area contributed by atoms with Crippen LogP contribution in [0.5, 0.6) is 0 Å². The maximum Gasteiger partial charge on any atom is 0.220 e. The predicted molar refractivity (Wildman–Crippen MR) is 113 cm³/mol. The standard InChI is InChI=1S/C22H28N2O3S/c25-21(23-15-11-19-7-3-1-4-8-19)13-17-28(27)18-14-22(26)24-16-12-20-9-5-2-6-10-20/h1-10H,11-18H2,(H,23,25)(H,24,26). The van der Waals surface area contributed by atoms with Gasteiger partial charge in [0, 0.05) is 48.2 Å². The lowest BCUT2D eigenvalue weighted by Gasteiger charge is -2.07. The molecule has 0 atom stereocenters. The van der Waals surface area contributed by atoms with Gasteiger partial charge >= 0.3 is 0 Å². The summed E-state index contributed by atoms with van der Waals surface area (Å²) >= 11 is 0. The molecule has 0 radical (unpaired) electrons. The number of carbonyl (C=O) groups is 2. The van der Waals surface area contributed by atoms with Crippen LogP contribution in [0.2, 0.25) is 0 Å². The van der Waals surface area contributed by atoms with Crippen molar-refractivity contribution in [1.29, 1.82) is 0 Å². The summed E-state index contributed by atoms with van der Waals surface area (Å²) in [6.07, 6.45) is 1.99. The molecule has 2 aromatic carbocycles. The maximum atomic E-state index is 12.0. The Balaban J connectivity index is 1.50. The normalized spacial score (nSPS) is 10.6. The van der Waals surface area contributed by atoms with Crippen LogP contribution >= 0.6 is 0 Å². The highest BCUT2D eigenvalue weighted by atomic mass is 32.2. The van der Waals surface area contributed by atoms with Gasteiger partial charge in [0.05, 0.1) is 0 Å². The molecule has 0 aliphatic heterocycles. The predicted octanol–water partition coefficient (Wildman–Crippen LogP) is 2.23. The molecule has 2 amide bonds. The van der Waals surface area contributed by atoms with Crippen molar-refractivity contribution in [3.05, 3.63) is 71.8 Å². The van der Waals surface area contributed by atoms with E-state index in [9.17, 15) is 13.8 Å². The number of amides is 2. The van der Waals surface area contributed by atoms with Gasteiger partial charge in [-0.15, -0.1) is 0 Å². The van der Waals surface area contributed by atoms with E-state index in [0.29, 0.717) is 13.1 Å². The first-order chi connectivity index (χ1) is 13.6. The van der Waals surface area contributed by atoms with Crippen LogP contribution in [0.25, 0.3) is 0 Å². The number of carbonyl (C=O) groups excluding carboxylic acids is 2. The Hall–Kier alpha value is -2.47. The van der Waals surface area contributed by atoms with E-state index >= 15 is 0 Å². The molecule has 0 unspecified atom stereocenters. The Morgan fingerprint density at radius 2 is 1.07 bits per heavy atom. The molecule has 0 spiro atoms. The van der Waals surface area contributed by atoms with Gasteiger partial charge in [0.25, 0.3) is 0 Å². The Bertz CT molecular complexity index is 687. The summed E-state index contributed by atoms with van der Waals surface area (Å²) in [6.45, 7) is 1.14. The fourth-order valence-corrected chi connectivity index (χ4v) is 3.70. The molecule has 0 aliphatic carbocycles. The van der Waals surface area contributed by atoms with E-state index in [-0.39, 0.29) is 36.2 Å². The van der Waals surface area contributed by atoms with E-state index in [2.05, 4.69) is 10.6 Å². The van der Waals surface area contributed by atoms with Gasteiger partial charge in [-0.2, -0.15) is 0 Å². The van der Waals surface area contributed by atoms with Crippen molar-refractivity contribution in [2.24, 2.45) is 0 Å². The molecule has 2 aromatic rings. The zero-order chi connectivity index (χ0) is 20.0. The van der Waals surface area contributed by atoms with Crippen molar-refractivity contribution < 1.29 is 13.8 Å². The van der Waals surface area contributed by atoms with Gasteiger partial charge in [0.15, 0.2) is 0 Å². The van der Waals surface area contributed by atoms with Crippen molar-refractivity contribution in [2.45, 2.75) is 25.7 Å². The Kier molecular flexibility index (Phi) is 10.0. The smallest absolute Gasteiger partial charge is 0.220 e. The minimum Gasteiger partial charge on any atom is -0.356 e. The molecule has 0 bridgehead atoms. The highest BCUT2D eigenvalue weighted by Crippen LogP contribution is 2.00. The van der Waals surface area contributed by atoms with Crippen molar-refractivity contribution in [3.8, 4) is 0 Å². The quantitative estimate of drug-likeness (QED) is 0.574. The molecular formula is C22H28N2O3S. The molecule has 0 saturated heterocycles. The molecule has 0 aromatic heterocycles. The molecular weight excluding hydrogens is 372 g/mol. The molecule has 0 aliphatic rings. The summed E-state index contributed by atoms with van der Waals surface area (Å²) < 4.78 is 12.0. The van der Waals surface area contributed by atoms with E-state index in [1.807, 2.05) is 60.7 Å². The second kappa shape index (κ2) is 12.8. The van der Waals surface area contributed by atoms with Crippen molar-refractivity contribution in [2.75, 3.05) is 24.6 Å². The summed E-state index contributed by atoms with van der Waals surface area (Å²) in [5.41, 5.74) is 2.34. The summed E-state index contributed by atoms with van der Waals surface area (Å²) in [4.78, 5) is 23.7. The summed E-state index contributed by atoms with van der Waals surface area (Å²) in [6, 6.07) is 19.9. The minimum absolute atomic E-state index is 0.100. The zero-order valence-electron chi connectivity index (χ0n) is 16.1. The zero-order valence-corrected chi connectivity index (χ0v) is 16.9. The van der Waals surface area contributed by atoms with E-state index < -0.39 is 10.8 Å². The maximum absolute atomic E-state index is 12.0. The molecule has 0 saturated carbocycles. The van der Waals surface area contributed by atoms with Crippen LogP contribution in [-0.2, 0) is 33.2 Å². The number of nitrogens with one attached hydrogen (secondary N) is 2. The summed E-state index contributed by atoms with van der Waals surface area (Å²) in [5, 5.41) is 5.68. The highest BCUT2D eigenvalue weighted by molar-refractivity contribution is 7.85. The number of hydrogen-bond acceptors (Lipinski definition) is 3. The fourth-order valence-electron chi connectivity index (χ4n) is 2.67. The van der Waals surface area contributed by atoms with Gasteiger partial charge in [-0.3, -0.25) is 13.8 Å². The minimum atomic E-state index is -1.17. The molecule has 5 nitrogen and oxygen atoms in total. The molecule has 0 heterocycles. The van der Waals surface area contributed by atoms with Crippen LogP contribution in [0.1, 0.15) is 24.0 Å². The van der Waals surface area contributed by atoms with E-state index in [1.165, 1.54) is 11.1 Å². The van der Waals surface area contributed by atoms with Crippen LogP contribution in [0.4, 0.5) is 0 Å². The molecule has 2 N–H and O–H groups in total. The molecule has 28 heavy (non-hydrogen) atoms. The first-order valence-electron chi connectivity index (χ1n) is 9.59. The molecule has 0 fully saturated rings. The third-order valence-corrected chi connectivity index (χ3v) is 5.59. The van der Waals surface area contributed by atoms with Crippen LogP contribution in [0.3, 0.4) is 0 Å². The van der Waals surface area contributed by atoms with Gasteiger partial charge in [-0.05, 0) is 24.0 Å². The molecule has 6 heteroatoms. The monoisotopic (exact) mass is 400 g/mol. The highest BCUT2D eigenvalue weighted by Gasteiger charge is 2.08. The van der Waals surface area contributed by atoms with E-state index in [1.54, 1.807) is 0 Å². The lowest BCUT2D eigenvalue weighted by atomic mass is 10.1. The third-order valence-electron chi connectivity index (χ3n) is 4.27. The van der Waals surface area contributed by atoms with Gasteiger partial charge in [0.1, 0.15) is 0 Å². The van der Waals surface area contributed by atoms with Crippen LogP contribution in [0, 0.1) is 0 Å². The average Bonchev–Trinajstić information content (AvgIpc) is 2.72. The van der Waals surface area contributed by atoms with Gasteiger partial charge in [0.2, 0.25) is 11.8 Å². The second-order valence-corrected chi connectivity index (χ2v) is 8.22. The Morgan fingerprint density at radius 3 is 1.46 bits per heavy atom. The number of benzene rings is 2. The number of hydrogen-bond donors (Lipinski definition) is 2. The lowest BCUT2D eigenvalue weighted by Crippen LogP contribution is -2.28. The average molecular weight is 401 g/mol. The largest absolute Gasteiger partial charge is 0.356 e. The SMILES string of the molecule is O=C(CCS(=O)CCC(=O)NCCc1ccccc1)NCCc1ccccc1. The van der Waals surface area contributed by atoms with Crippen LogP contribution in [0.15, 0.2) is 60.7 Å². The number of rotatable bonds is 12. The van der Waals surface area contributed by atoms with Crippen LogP contribution in [-0.4, -0.2) is 40.6 Å². The third kappa shape index (κ3) is 9.46. The van der Waals surface area contributed by atoms with Crippen molar-refractivity contribution in [3.63, 3.8) is 0 Å². The van der Waals surface area contributed by atoms with Gasteiger partial charge in [-0.1, -0.05) is 60.7 Å². The van der Waals surface area contributed by atoms with Gasteiger partial charge < -0.3 is 10.6 Å². The molecule has 150 valence electrons. The van der Waals surface area contributed by atoms with Crippen LogP contribution < -0.4 is 10.6 Å². The first kappa shape index (κ1) is 21.8. The van der Waals surface area contributed by atoms with Crippen molar-refractivity contribution >= 4 is 22.6 Å². The summed E-state index contributed by atoms with van der Waals surface area (Å²) in [5.74, 6) is 0.372. The van der Waals surface area contributed by atoms with E-state index in [4.69, 9.17) is 0 Å². The Labute approximate surface area is 169 Å².